The van der Waals surface area contributed by atoms with Crippen molar-refractivity contribution in [1.29, 1.82) is 0 Å². The van der Waals surface area contributed by atoms with E-state index in [0.29, 0.717) is 0 Å². The molecule has 2 aromatic rings. The van der Waals surface area contributed by atoms with Gasteiger partial charge in [0.2, 0.25) is 5.13 Å². The summed E-state index contributed by atoms with van der Waals surface area (Å²) in [6.07, 6.45) is 1.09. The van der Waals surface area contributed by atoms with Crippen molar-refractivity contribution in [2.24, 2.45) is 0 Å². The van der Waals surface area contributed by atoms with Crippen LogP contribution >= 0.6 is 22.9 Å². The molecule has 74 valence electrons. The summed E-state index contributed by atoms with van der Waals surface area (Å²) in [4.78, 5) is 8.48. The Morgan fingerprint density at radius 2 is 2.43 bits per heavy atom. The van der Waals surface area contributed by atoms with Crippen LogP contribution in [-0.2, 0) is 0 Å². The highest BCUT2D eigenvalue weighted by molar-refractivity contribution is 7.10. The van der Waals surface area contributed by atoms with Crippen LogP contribution in [0.5, 0.6) is 0 Å². The van der Waals surface area contributed by atoms with Crippen LogP contribution in [0.15, 0.2) is 10.9 Å². The summed E-state index contributed by atoms with van der Waals surface area (Å²) in [5.74, 6) is 0.717. The fourth-order valence-electron chi connectivity index (χ4n) is 0.954. The Hall–Kier alpha value is -1.01. The first-order chi connectivity index (χ1) is 6.90. The van der Waals surface area contributed by atoms with E-state index in [0.717, 1.165) is 29.6 Å². The van der Waals surface area contributed by atoms with Gasteiger partial charge >= 0.3 is 0 Å². The molecule has 0 spiro atoms. The average molecular weight is 226 g/mol. The van der Waals surface area contributed by atoms with E-state index in [1.807, 2.05) is 5.38 Å². The van der Waals surface area contributed by atoms with Crippen molar-refractivity contribution >= 4 is 28.0 Å². The lowest BCUT2D eigenvalue weighted by molar-refractivity contribution is 0.976. The molecule has 0 aromatic carbocycles. The molecule has 0 aliphatic rings. The first kappa shape index (κ1) is 9.54. The zero-order chi connectivity index (χ0) is 9.80. The number of nitrogens with zero attached hydrogens (tertiary/aromatic N) is 3. The molecular formula is C8H10N4S2. The van der Waals surface area contributed by atoms with Crippen molar-refractivity contribution in [3.05, 3.63) is 10.9 Å². The van der Waals surface area contributed by atoms with Crippen molar-refractivity contribution in [2.45, 2.75) is 13.3 Å². The molecule has 2 aromatic heterocycles. The molecule has 0 bridgehead atoms. The second-order valence-electron chi connectivity index (χ2n) is 2.72. The quantitative estimate of drug-likeness (QED) is 0.870. The lowest BCUT2D eigenvalue weighted by Crippen LogP contribution is -1.98. The smallest absolute Gasteiger partial charge is 0.202 e. The molecule has 0 unspecified atom stereocenters. The third-order valence-corrected chi connectivity index (χ3v) is 2.87. The monoisotopic (exact) mass is 226 g/mol. The van der Waals surface area contributed by atoms with Gasteiger partial charge in [-0.25, -0.2) is 4.98 Å². The largest absolute Gasteiger partial charge is 0.360 e. The summed E-state index contributed by atoms with van der Waals surface area (Å²) in [7, 11) is 0. The van der Waals surface area contributed by atoms with E-state index in [1.165, 1.54) is 11.5 Å². The third-order valence-electron chi connectivity index (χ3n) is 1.61. The van der Waals surface area contributed by atoms with Gasteiger partial charge in [-0.1, -0.05) is 6.92 Å². The summed E-state index contributed by atoms with van der Waals surface area (Å²) in [6, 6.07) is 0. The highest BCUT2D eigenvalue weighted by atomic mass is 32.1. The Balaban J connectivity index is 2.10. The van der Waals surface area contributed by atoms with Crippen LogP contribution < -0.4 is 5.32 Å². The SMILES string of the molecule is CCCNc1nc(-c2cscn2)ns1. The molecule has 14 heavy (non-hydrogen) atoms. The standard InChI is InChI=1S/C8H10N4S2/c1-2-3-9-8-11-7(12-14-8)6-4-13-5-10-6/h4-5H,2-3H2,1H3,(H,9,11,12). The van der Waals surface area contributed by atoms with Gasteiger partial charge < -0.3 is 5.32 Å². The maximum atomic E-state index is 4.33. The van der Waals surface area contributed by atoms with Crippen LogP contribution in [0.1, 0.15) is 13.3 Å². The van der Waals surface area contributed by atoms with E-state index in [9.17, 15) is 0 Å². The van der Waals surface area contributed by atoms with Gasteiger partial charge in [0, 0.05) is 23.5 Å². The zero-order valence-corrected chi connectivity index (χ0v) is 9.36. The summed E-state index contributed by atoms with van der Waals surface area (Å²) >= 11 is 2.93. The lowest BCUT2D eigenvalue weighted by Gasteiger charge is -1.95. The molecule has 0 saturated carbocycles. The Kier molecular flexibility index (Phi) is 3.05. The summed E-state index contributed by atoms with van der Waals surface area (Å²) < 4.78 is 4.22. The Bertz CT molecular complexity index is 382. The first-order valence-corrected chi connectivity index (χ1v) is 6.08. The Morgan fingerprint density at radius 3 is 3.14 bits per heavy atom. The van der Waals surface area contributed by atoms with E-state index in [-0.39, 0.29) is 0 Å². The fraction of sp³-hybridized carbons (Fsp3) is 0.375. The van der Waals surface area contributed by atoms with Gasteiger partial charge in [0.25, 0.3) is 0 Å². The van der Waals surface area contributed by atoms with Crippen molar-refractivity contribution in [1.82, 2.24) is 14.3 Å². The maximum Gasteiger partial charge on any atom is 0.202 e. The maximum absolute atomic E-state index is 4.33. The zero-order valence-electron chi connectivity index (χ0n) is 7.73. The second kappa shape index (κ2) is 4.47. The topological polar surface area (TPSA) is 50.7 Å². The molecule has 2 heterocycles. The third kappa shape index (κ3) is 2.08. The Morgan fingerprint density at radius 1 is 1.50 bits per heavy atom. The first-order valence-electron chi connectivity index (χ1n) is 4.36. The Labute approximate surface area is 90.2 Å². The minimum absolute atomic E-state index is 0.717. The minimum atomic E-state index is 0.717. The van der Waals surface area contributed by atoms with Gasteiger partial charge in [-0.15, -0.1) is 11.3 Å². The second-order valence-corrected chi connectivity index (χ2v) is 4.19. The van der Waals surface area contributed by atoms with Crippen LogP contribution in [0, 0.1) is 0 Å². The summed E-state index contributed by atoms with van der Waals surface area (Å²) in [6.45, 7) is 3.06. The van der Waals surface area contributed by atoms with E-state index < -0.39 is 0 Å². The average Bonchev–Trinajstić information content (AvgIpc) is 2.85. The van der Waals surface area contributed by atoms with Gasteiger partial charge in [0.15, 0.2) is 5.82 Å². The highest BCUT2D eigenvalue weighted by Crippen LogP contribution is 2.20. The van der Waals surface area contributed by atoms with Crippen molar-refractivity contribution < 1.29 is 0 Å². The van der Waals surface area contributed by atoms with Crippen LogP contribution in [0.3, 0.4) is 0 Å². The number of aromatic nitrogens is 3. The lowest BCUT2D eigenvalue weighted by atomic mass is 10.5. The molecule has 6 heteroatoms. The molecule has 0 aliphatic carbocycles. The highest BCUT2D eigenvalue weighted by Gasteiger charge is 2.06. The number of thiazole rings is 1. The molecule has 2 rings (SSSR count). The van der Waals surface area contributed by atoms with Crippen LogP contribution in [0.4, 0.5) is 5.13 Å². The van der Waals surface area contributed by atoms with Crippen molar-refractivity contribution in [3.8, 4) is 11.5 Å². The van der Waals surface area contributed by atoms with Gasteiger partial charge in [-0.3, -0.25) is 0 Å². The summed E-state index contributed by atoms with van der Waals surface area (Å²) in [5, 5.41) is 6.02. The number of anilines is 1. The van der Waals surface area contributed by atoms with Gasteiger partial charge in [-0.05, 0) is 6.42 Å². The van der Waals surface area contributed by atoms with Gasteiger partial charge in [0.05, 0.1) is 5.51 Å². The normalized spacial score (nSPS) is 10.4. The van der Waals surface area contributed by atoms with Crippen molar-refractivity contribution in [3.63, 3.8) is 0 Å². The predicted octanol–water partition coefficient (Wildman–Crippen LogP) is 2.48. The molecule has 0 fully saturated rings. The molecule has 0 radical (unpaired) electrons. The van der Waals surface area contributed by atoms with Crippen LogP contribution in [-0.4, -0.2) is 20.9 Å². The molecule has 4 nitrogen and oxygen atoms in total. The molecule has 1 N–H and O–H groups in total. The van der Waals surface area contributed by atoms with Crippen molar-refractivity contribution in [2.75, 3.05) is 11.9 Å². The molecule has 0 saturated heterocycles. The molecule has 0 amide bonds. The number of nitrogens with one attached hydrogen (secondary N) is 1. The van der Waals surface area contributed by atoms with E-state index >= 15 is 0 Å². The van der Waals surface area contributed by atoms with Crippen LogP contribution in [0.25, 0.3) is 11.5 Å². The van der Waals surface area contributed by atoms with E-state index in [4.69, 9.17) is 0 Å². The van der Waals surface area contributed by atoms with Gasteiger partial charge in [0.1, 0.15) is 5.69 Å². The molecule has 0 aliphatic heterocycles. The number of hydrogen-bond acceptors (Lipinski definition) is 6. The fourth-order valence-corrected chi connectivity index (χ4v) is 2.09. The van der Waals surface area contributed by atoms with E-state index in [1.54, 1.807) is 16.8 Å². The number of hydrogen-bond donors (Lipinski definition) is 1. The van der Waals surface area contributed by atoms with Crippen LogP contribution in [0.2, 0.25) is 0 Å². The number of rotatable bonds is 4. The molecular weight excluding hydrogens is 216 g/mol. The van der Waals surface area contributed by atoms with Gasteiger partial charge in [-0.2, -0.15) is 9.36 Å². The molecule has 0 atom stereocenters. The van der Waals surface area contributed by atoms with E-state index in [2.05, 4.69) is 26.6 Å². The predicted molar refractivity (Wildman–Crippen MR) is 59.8 cm³/mol. The summed E-state index contributed by atoms with van der Waals surface area (Å²) in [5.41, 5.74) is 2.64. The minimum Gasteiger partial charge on any atom is -0.360 e.